The maximum atomic E-state index is 12.1. The Hall–Kier alpha value is -2.80. The molecule has 108 valence electrons. The molecule has 1 aromatic carbocycles. The number of pyridine rings is 1. The molecule has 0 aliphatic rings. The van der Waals surface area contributed by atoms with Crippen LogP contribution in [0.5, 0.6) is 0 Å². The standard InChI is InChI=1S/C13H11ClN4O3/c14-8-1-2-9(12(15)18-21)10(6-8)17-13(20)7-3-4-16-11(19)5-7/h1-6,21H,(H2,15,18)(H,16,19)(H,17,20). The molecule has 2 aromatic rings. The smallest absolute Gasteiger partial charge is 0.255 e. The fourth-order valence-electron chi connectivity index (χ4n) is 1.68. The molecule has 0 atom stereocenters. The Morgan fingerprint density at radius 2 is 2.10 bits per heavy atom. The minimum Gasteiger partial charge on any atom is -0.409 e. The third kappa shape index (κ3) is 3.40. The van der Waals surface area contributed by atoms with Crippen molar-refractivity contribution in [1.29, 1.82) is 0 Å². The molecule has 21 heavy (non-hydrogen) atoms. The number of aromatic nitrogens is 1. The topological polar surface area (TPSA) is 121 Å². The van der Waals surface area contributed by atoms with Gasteiger partial charge in [0.2, 0.25) is 5.56 Å². The first-order valence-electron chi connectivity index (χ1n) is 5.79. The van der Waals surface area contributed by atoms with Gasteiger partial charge in [-0.25, -0.2) is 0 Å². The van der Waals surface area contributed by atoms with Crippen molar-refractivity contribution < 1.29 is 10.0 Å². The molecule has 0 radical (unpaired) electrons. The van der Waals surface area contributed by atoms with Crippen LogP contribution in [0.25, 0.3) is 0 Å². The van der Waals surface area contributed by atoms with Gasteiger partial charge in [-0.2, -0.15) is 0 Å². The fourth-order valence-corrected chi connectivity index (χ4v) is 1.85. The van der Waals surface area contributed by atoms with Crippen LogP contribution in [0.2, 0.25) is 5.02 Å². The van der Waals surface area contributed by atoms with Gasteiger partial charge in [0.25, 0.3) is 5.91 Å². The number of anilines is 1. The van der Waals surface area contributed by atoms with E-state index in [2.05, 4.69) is 15.5 Å². The summed E-state index contributed by atoms with van der Waals surface area (Å²) in [5, 5.41) is 14.6. The molecule has 0 saturated heterocycles. The first kappa shape index (κ1) is 14.6. The van der Waals surface area contributed by atoms with Gasteiger partial charge in [-0.1, -0.05) is 16.8 Å². The molecule has 0 aliphatic heterocycles. The number of nitrogens with zero attached hydrogens (tertiary/aromatic N) is 1. The van der Waals surface area contributed by atoms with E-state index in [0.717, 1.165) is 6.07 Å². The van der Waals surface area contributed by atoms with Crippen LogP contribution in [-0.4, -0.2) is 21.9 Å². The van der Waals surface area contributed by atoms with Gasteiger partial charge in [0, 0.05) is 28.4 Å². The second-order valence-electron chi connectivity index (χ2n) is 4.07. The van der Waals surface area contributed by atoms with Crippen LogP contribution in [0.3, 0.4) is 0 Å². The highest BCUT2D eigenvalue weighted by molar-refractivity contribution is 6.31. The summed E-state index contributed by atoms with van der Waals surface area (Å²) in [6, 6.07) is 7.11. The molecule has 1 heterocycles. The Labute approximate surface area is 124 Å². The van der Waals surface area contributed by atoms with E-state index >= 15 is 0 Å². The average Bonchev–Trinajstić information content (AvgIpc) is 2.46. The Kier molecular flexibility index (Phi) is 4.24. The predicted molar refractivity (Wildman–Crippen MR) is 79.0 cm³/mol. The first-order chi connectivity index (χ1) is 10.0. The lowest BCUT2D eigenvalue weighted by molar-refractivity contribution is 0.102. The third-order valence-corrected chi connectivity index (χ3v) is 2.89. The fraction of sp³-hybridized carbons (Fsp3) is 0. The van der Waals surface area contributed by atoms with Crippen LogP contribution in [0, 0.1) is 0 Å². The van der Waals surface area contributed by atoms with Gasteiger partial charge in [-0.05, 0) is 24.3 Å². The van der Waals surface area contributed by atoms with Crippen molar-refractivity contribution >= 4 is 29.0 Å². The number of carbonyl (C=O) groups excluding carboxylic acids is 1. The summed E-state index contributed by atoms with van der Waals surface area (Å²) in [5.74, 6) is -0.691. The number of nitrogens with two attached hydrogens (primary N) is 1. The van der Waals surface area contributed by atoms with Crippen molar-refractivity contribution in [3.63, 3.8) is 0 Å². The normalized spacial score (nSPS) is 11.2. The van der Waals surface area contributed by atoms with E-state index in [1.165, 1.54) is 30.5 Å². The van der Waals surface area contributed by atoms with E-state index < -0.39 is 11.5 Å². The summed E-state index contributed by atoms with van der Waals surface area (Å²) in [6.07, 6.45) is 1.36. The Morgan fingerprint density at radius 1 is 1.33 bits per heavy atom. The van der Waals surface area contributed by atoms with Gasteiger partial charge >= 0.3 is 0 Å². The number of benzene rings is 1. The van der Waals surface area contributed by atoms with Crippen LogP contribution < -0.4 is 16.6 Å². The molecule has 7 nitrogen and oxygen atoms in total. The van der Waals surface area contributed by atoms with Crippen molar-refractivity contribution in [3.8, 4) is 0 Å². The zero-order valence-corrected chi connectivity index (χ0v) is 11.4. The first-order valence-corrected chi connectivity index (χ1v) is 6.16. The molecule has 8 heteroatoms. The summed E-state index contributed by atoms with van der Waals surface area (Å²) < 4.78 is 0. The van der Waals surface area contributed by atoms with Crippen molar-refractivity contribution in [3.05, 3.63) is 63.0 Å². The molecular weight excluding hydrogens is 296 g/mol. The number of hydrogen-bond donors (Lipinski definition) is 4. The lowest BCUT2D eigenvalue weighted by atomic mass is 10.1. The molecule has 2 rings (SSSR count). The van der Waals surface area contributed by atoms with Crippen LogP contribution in [-0.2, 0) is 0 Å². The Bertz CT molecular complexity index is 770. The van der Waals surface area contributed by atoms with Gasteiger partial charge in [0.05, 0.1) is 5.69 Å². The highest BCUT2D eigenvalue weighted by Gasteiger charge is 2.12. The monoisotopic (exact) mass is 306 g/mol. The number of nitrogens with one attached hydrogen (secondary N) is 2. The second-order valence-corrected chi connectivity index (χ2v) is 4.51. The maximum Gasteiger partial charge on any atom is 0.255 e. The summed E-state index contributed by atoms with van der Waals surface area (Å²) in [4.78, 5) is 25.7. The zero-order valence-electron chi connectivity index (χ0n) is 10.6. The molecule has 1 amide bonds. The molecule has 0 unspecified atom stereocenters. The van der Waals surface area contributed by atoms with Crippen LogP contribution in [0.1, 0.15) is 15.9 Å². The highest BCUT2D eigenvalue weighted by atomic mass is 35.5. The zero-order chi connectivity index (χ0) is 15.4. The third-order valence-electron chi connectivity index (χ3n) is 2.65. The highest BCUT2D eigenvalue weighted by Crippen LogP contribution is 2.21. The number of halogens is 1. The van der Waals surface area contributed by atoms with E-state index in [4.69, 9.17) is 22.5 Å². The van der Waals surface area contributed by atoms with E-state index in [0.29, 0.717) is 10.6 Å². The molecule has 0 spiro atoms. The van der Waals surface area contributed by atoms with E-state index in [1.54, 1.807) is 0 Å². The lowest BCUT2D eigenvalue weighted by Crippen LogP contribution is -2.20. The summed E-state index contributed by atoms with van der Waals surface area (Å²) in [7, 11) is 0. The number of amidine groups is 1. The predicted octanol–water partition coefficient (Wildman–Crippen LogP) is 1.38. The summed E-state index contributed by atoms with van der Waals surface area (Å²) >= 11 is 5.87. The minimum absolute atomic E-state index is 0.171. The van der Waals surface area contributed by atoms with Crippen molar-refractivity contribution in [1.82, 2.24) is 4.98 Å². The Morgan fingerprint density at radius 3 is 2.76 bits per heavy atom. The van der Waals surface area contributed by atoms with Crippen LogP contribution in [0.15, 0.2) is 46.5 Å². The summed E-state index contributed by atoms with van der Waals surface area (Å²) in [5.41, 5.74) is 5.88. The van der Waals surface area contributed by atoms with Gasteiger partial charge in [0.1, 0.15) is 0 Å². The van der Waals surface area contributed by atoms with Gasteiger partial charge < -0.3 is 21.2 Å². The number of amides is 1. The minimum atomic E-state index is -0.518. The molecule has 1 aromatic heterocycles. The van der Waals surface area contributed by atoms with E-state index in [9.17, 15) is 9.59 Å². The van der Waals surface area contributed by atoms with E-state index in [-0.39, 0.29) is 17.1 Å². The molecule has 0 fully saturated rings. The number of carbonyl (C=O) groups is 1. The van der Waals surface area contributed by atoms with Gasteiger partial charge in [0.15, 0.2) is 5.84 Å². The number of oxime groups is 1. The second kappa shape index (κ2) is 6.10. The van der Waals surface area contributed by atoms with Crippen molar-refractivity contribution in [2.45, 2.75) is 0 Å². The molecule has 0 bridgehead atoms. The van der Waals surface area contributed by atoms with E-state index in [1.807, 2.05) is 0 Å². The molecule has 5 N–H and O–H groups in total. The summed E-state index contributed by atoms with van der Waals surface area (Å²) in [6.45, 7) is 0. The number of H-pyrrole nitrogens is 1. The number of aromatic amines is 1. The largest absolute Gasteiger partial charge is 0.409 e. The Balaban J connectivity index is 2.37. The van der Waals surface area contributed by atoms with Gasteiger partial charge in [-0.15, -0.1) is 0 Å². The maximum absolute atomic E-state index is 12.1. The molecule has 0 aliphatic carbocycles. The van der Waals surface area contributed by atoms with Crippen LogP contribution in [0.4, 0.5) is 5.69 Å². The number of rotatable bonds is 3. The lowest BCUT2D eigenvalue weighted by Gasteiger charge is -2.10. The van der Waals surface area contributed by atoms with Gasteiger partial charge in [-0.3, -0.25) is 9.59 Å². The van der Waals surface area contributed by atoms with Crippen LogP contribution >= 0.6 is 11.6 Å². The number of hydrogen-bond acceptors (Lipinski definition) is 4. The molecule has 0 saturated carbocycles. The SMILES string of the molecule is N/C(=N/O)c1ccc(Cl)cc1NC(=O)c1cc[nH]c(=O)c1. The van der Waals surface area contributed by atoms with Crippen molar-refractivity contribution in [2.75, 3.05) is 5.32 Å². The van der Waals surface area contributed by atoms with Crippen molar-refractivity contribution in [2.24, 2.45) is 10.9 Å². The quantitative estimate of drug-likeness (QED) is 0.296. The average molecular weight is 307 g/mol. The molecular formula is C13H11ClN4O3.